The van der Waals surface area contributed by atoms with Crippen molar-refractivity contribution < 1.29 is 9.53 Å². The van der Waals surface area contributed by atoms with Crippen LogP contribution in [-0.2, 0) is 4.79 Å². The lowest BCUT2D eigenvalue weighted by Crippen LogP contribution is -2.38. The van der Waals surface area contributed by atoms with Crippen LogP contribution in [-0.4, -0.2) is 12.5 Å². The van der Waals surface area contributed by atoms with Crippen LogP contribution in [0.5, 0.6) is 5.75 Å². The van der Waals surface area contributed by atoms with Gasteiger partial charge >= 0.3 is 0 Å². The van der Waals surface area contributed by atoms with Crippen LogP contribution in [0.4, 0.5) is 0 Å². The van der Waals surface area contributed by atoms with Gasteiger partial charge in [0.15, 0.2) is 6.61 Å². The van der Waals surface area contributed by atoms with E-state index < -0.39 is 0 Å². The summed E-state index contributed by atoms with van der Waals surface area (Å²) in [5.74, 6) is 0.403. The van der Waals surface area contributed by atoms with Gasteiger partial charge in [0, 0.05) is 0 Å². The molecular weight excluding hydrogens is 264 g/mol. The van der Waals surface area contributed by atoms with Crippen LogP contribution in [0.15, 0.2) is 61.2 Å². The number of rotatable bonds is 6. The van der Waals surface area contributed by atoms with Crippen molar-refractivity contribution in [1.82, 2.24) is 10.9 Å². The highest BCUT2D eigenvalue weighted by Gasteiger charge is 2.03. The summed E-state index contributed by atoms with van der Waals surface area (Å²) in [6, 6.07) is 17.1. The van der Waals surface area contributed by atoms with E-state index in [2.05, 4.69) is 17.4 Å². The maximum atomic E-state index is 11.7. The predicted octanol–water partition coefficient (Wildman–Crippen LogP) is 2.67. The van der Waals surface area contributed by atoms with Crippen molar-refractivity contribution in [3.63, 3.8) is 0 Å². The van der Waals surface area contributed by atoms with E-state index in [4.69, 9.17) is 4.74 Å². The molecule has 2 N–H and O–H groups in total. The van der Waals surface area contributed by atoms with E-state index in [0.29, 0.717) is 11.4 Å². The summed E-state index contributed by atoms with van der Waals surface area (Å²) < 4.78 is 5.40. The number of hydrogen-bond donors (Lipinski definition) is 2. The van der Waals surface area contributed by atoms with Crippen molar-refractivity contribution in [3.05, 3.63) is 72.3 Å². The molecule has 0 unspecified atom stereocenters. The van der Waals surface area contributed by atoms with Gasteiger partial charge in [0.25, 0.3) is 5.91 Å². The van der Waals surface area contributed by atoms with Gasteiger partial charge in [0.1, 0.15) is 5.75 Å². The summed E-state index contributed by atoms with van der Waals surface area (Å²) in [6.07, 6.45) is 0. The monoisotopic (exact) mass is 282 g/mol. The fourth-order valence-corrected chi connectivity index (χ4v) is 1.75. The molecular formula is C17H18N2O2. The number of benzene rings is 2. The fourth-order valence-electron chi connectivity index (χ4n) is 1.75. The lowest BCUT2D eigenvalue weighted by Gasteiger charge is -2.12. The van der Waals surface area contributed by atoms with Gasteiger partial charge < -0.3 is 4.74 Å². The number of ether oxygens (including phenoxy) is 1. The first-order valence-corrected chi connectivity index (χ1v) is 6.64. The van der Waals surface area contributed by atoms with Gasteiger partial charge in [-0.1, -0.05) is 49.0 Å². The molecule has 2 aromatic carbocycles. The molecule has 0 aliphatic heterocycles. The Hall–Kier alpha value is -2.75. The molecule has 0 bridgehead atoms. The van der Waals surface area contributed by atoms with Crippen LogP contribution in [0.2, 0.25) is 0 Å². The summed E-state index contributed by atoms with van der Waals surface area (Å²) in [4.78, 5) is 11.7. The van der Waals surface area contributed by atoms with Gasteiger partial charge in [-0.05, 0) is 30.2 Å². The molecule has 0 atom stereocenters. The zero-order valence-electron chi connectivity index (χ0n) is 11.9. The Morgan fingerprint density at radius 2 is 1.86 bits per heavy atom. The Bertz CT molecular complexity index is 624. The Morgan fingerprint density at radius 1 is 1.10 bits per heavy atom. The number of hydrazine groups is 1. The topological polar surface area (TPSA) is 50.4 Å². The highest BCUT2D eigenvalue weighted by molar-refractivity contribution is 5.78. The first-order chi connectivity index (χ1) is 10.1. The summed E-state index contributed by atoms with van der Waals surface area (Å²) in [5.41, 5.74) is 7.95. The molecule has 4 nitrogen and oxygen atoms in total. The molecule has 0 aliphatic rings. The first kappa shape index (κ1) is 14.7. The second-order valence-corrected chi connectivity index (χ2v) is 4.62. The van der Waals surface area contributed by atoms with Gasteiger partial charge in [0.2, 0.25) is 0 Å². The fraction of sp³-hybridized carbons (Fsp3) is 0.118. The number of hydrogen-bond acceptors (Lipinski definition) is 3. The van der Waals surface area contributed by atoms with Crippen LogP contribution in [0.25, 0.3) is 5.70 Å². The van der Waals surface area contributed by atoms with Gasteiger partial charge in [-0.25, -0.2) is 0 Å². The molecule has 1 amide bonds. The van der Waals surface area contributed by atoms with Crippen molar-refractivity contribution in [1.29, 1.82) is 0 Å². The van der Waals surface area contributed by atoms with Crippen molar-refractivity contribution >= 4 is 11.6 Å². The highest BCUT2D eigenvalue weighted by Crippen LogP contribution is 2.12. The summed E-state index contributed by atoms with van der Waals surface area (Å²) >= 11 is 0. The molecule has 0 aromatic heterocycles. The minimum Gasteiger partial charge on any atom is -0.484 e. The van der Waals surface area contributed by atoms with Crippen molar-refractivity contribution in [3.8, 4) is 5.75 Å². The average molecular weight is 282 g/mol. The normalized spacial score (nSPS) is 9.76. The van der Waals surface area contributed by atoms with Crippen molar-refractivity contribution in [2.75, 3.05) is 6.61 Å². The molecule has 0 spiro atoms. The Morgan fingerprint density at radius 3 is 2.57 bits per heavy atom. The summed E-state index contributed by atoms with van der Waals surface area (Å²) in [6.45, 7) is 5.77. The Labute approximate surface area is 124 Å². The first-order valence-electron chi connectivity index (χ1n) is 6.64. The third-order valence-electron chi connectivity index (χ3n) is 2.83. The van der Waals surface area contributed by atoms with Gasteiger partial charge in [-0.2, -0.15) is 0 Å². The number of carbonyl (C=O) groups is 1. The molecule has 4 heteroatoms. The number of carbonyl (C=O) groups excluding carboxylic acids is 1. The predicted molar refractivity (Wildman–Crippen MR) is 83.4 cm³/mol. The van der Waals surface area contributed by atoms with Gasteiger partial charge in [-0.3, -0.25) is 15.6 Å². The quantitative estimate of drug-likeness (QED) is 0.801. The highest BCUT2D eigenvalue weighted by atomic mass is 16.5. The Kier molecular flexibility index (Phi) is 4.99. The minimum atomic E-state index is -0.270. The van der Waals surface area contributed by atoms with E-state index in [0.717, 1.165) is 11.1 Å². The maximum absolute atomic E-state index is 11.7. The minimum absolute atomic E-state index is 0.0570. The van der Waals surface area contributed by atoms with E-state index in [9.17, 15) is 4.79 Å². The third kappa shape index (κ3) is 4.69. The summed E-state index contributed by atoms with van der Waals surface area (Å²) in [7, 11) is 0. The van der Waals surface area contributed by atoms with Crippen LogP contribution in [0, 0.1) is 6.92 Å². The van der Waals surface area contributed by atoms with Crippen LogP contribution in [0.3, 0.4) is 0 Å². The molecule has 2 aromatic rings. The van der Waals surface area contributed by atoms with Crippen molar-refractivity contribution in [2.45, 2.75) is 6.92 Å². The number of nitrogens with one attached hydrogen (secondary N) is 2. The molecule has 21 heavy (non-hydrogen) atoms. The lowest BCUT2D eigenvalue weighted by molar-refractivity contribution is -0.123. The van der Waals surface area contributed by atoms with E-state index >= 15 is 0 Å². The van der Waals surface area contributed by atoms with Crippen LogP contribution in [0.1, 0.15) is 11.1 Å². The van der Waals surface area contributed by atoms with E-state index in [-0.39, 0.29) is 12.5 Å². The second kappa shape index (κ2) is 7.14. The van der Waals surface area contributed by atoms with Crippen molar-refractivity contribution in [2.24, 2.45) is 0 Å². The summed E-state index contributed by atoms with van der Waals surface area (Å²) in [5, 5.41) is 0. The second-order valence-electron chi connectivity index (χ2n) is 4.62. The molecule has 0 heterocycles. The number of amides is 1. The average Bonchev–Trinajstić information content (AvgIpc) is 2.51. The molecule has 0 radical (unpaired) electrons. The van der Waals surface area contributed by atoms with Gasteiger partial charge in [0.05, 0.1) is 5.70 Å². The Balaban J connectivity index is 1.76. The van der Waals surface area contributed by atoms with Gasteiger partial charge in [-0.15, -0.1) is 0 Å². The van der Waals surface area contributed by atoms with E-state index in [1.165, 1.54) is 0 Å². The zero-order valence-corrected chi connectivity index (χ0v) is 11.9. The standard InChI is InChI=1S/C17H18N2O2/c1-13-7-6-10-16(11-13)21-12-17(20)19-18-14(2)15-8-4-3-5-9-15/h3-11,18H,2,12H2,1H3,(H,19,20). The van der Waals surface area contributed by atoms with Crippen LogP contribution < -0.4 is 15.6 Å². The molecule has 2 rings (SSSR count). The van der Waals surface area contributed by atoms with E-state index in [1.54, 1.807) is 0 Å². The molecule has 0 saturated heterocycles. The lowest BCUT2D eigenvalue weighted by atomic mass is 10.2. The maximum Gasteiger partial charge on any atom is 0.276 e. The molecule has 0 aliphatic carbocycles. The molecule has 0 fully saturated rings. The van der Waals surface area contributed by atoms with E-state index in [1.807, 2.05) is 61.5 Å². The van der Waals surface area contributed by atoms with Crippen LogP contribution >= 0.6 is 0 Å². The zero-order chi connectivity index (χ0) is 15.1. The smallest absolute Gasteiger partial charge is 0.276 e. The SMILES string of the molecule is C=C(NNC(=O)COc1cccc(C)c1)c1ccccc1. The molecule has 0 saturated carbocycles. The molecule has 108 valence electrons. The number of aryl methyl sites for hydroxylation is 1. The third-order valence-corrected chi connectivity index (χ3v) is 2.83. The largest absolute Gasteiger partial charge is 0.484 e.